The summed E-state index contributed by atoms with van der Waals surface area (Å²) in [4.78, 5) is 42.8. The second-order valence-corrected chi connectivity index (χ2v) is 7.99. The minimum absolute atomic E-state index is 0.0547. The molecule has 1 aliphatic rings. The number of nitrogens with two attached hydrogens (primary N) is 1. The number of nitrogens with zero attached hydrogens (tertiary/aromatic N) is 2. The van der Waals surface area contributed by atoms with E-state index >= 15 is 0 Å². The molecule has 0 unspecified atom stereocenters. The number of piperazine rings is 1. The van der Waals surface area contributed by atoms with E-state index in [1.165, 1.54) is 17.0 Å². The van der Waals surface area contributed by atoms with Gasteiger partial charge in [-0.3, -0.25) is 19.4 Å². The zero-order valence-corrected chi connectivity index (χ0v) is 18.3. The summed E-state index contributed by atoms with van der Waals surface area (Å²) < 4.78 is 0. The van der Waals surface area contributed by atoms with Crippen LogP contribution in [0.15, 0.2) is 54.7 Å². The van der Waals surface area contributed by atoms with E-state index in [4.69, 9.17) is 28.9 Å². The second-order valence-electron chi connectivity index (χ2n) is 7.20. The Hall–Kier alpha value is -3.42. The molecule has 1 aromatic heterocycles. The minimum atomic E-state index is -0.716. The molecule has 9 heteroatoms. The molecule has 1 aliphatic heterocycles. The van der Waals surface area contributed by atoms with Crippen LogP contribution in [0.1, 0.15) is 20.7 Å². The lowest BCUT2D eigenvalue weighted by molar-refractivity contribution is -0.123. The second kappa shape index (κ2) is 8.98. The lowest BCUT2D eigenvalue weighted by atomic mass is 9.94. The third kappa shape index (κ3) is 4.17. The van der Waals surface area contributed by atoms with E-state index in [1.54, 1.807) is 30.5 Å². The lowest BCUT2D eigenvalue weighted by Crippen LogP contribution is -2.50. The maximum Gasteiger partial charge on any atom is 0.255 e. The van der Waals surface area contributed by atoms with Crippen molar-refractivity contribution in [3.63, 3.8) is 0 Å². The van der Waals surface area contributed by atoms with E-state index in [9.17, 15) is 14.4 Å². The van der Waals surface area contributed by atoms with E-state index in [-0.39, 0.29) is 34.5 Å². The van der Waals surface area contributed by atoms with Crippen LogP contribution in [0.3, 0.4) is 0 Å². The van der Waals surface area contributed by atoms with Crippen molar-refractivity contribution in [3.05, 3.63) is 75.9 Å². The van der Waals surface area contributed by atoms with Crippen LogP contribution in [-0.4, -0.2) is 47.2 Å². The predicted molar refractivity (Wildman–Crippen MR) is 123 cm³/mol. The van der Waals surface area contributed by atoms with Gasteiger partial charge in [0.1, 0.15) is 0 Å². The van der Waals surface area contributed by atoms with Crippen molar-refractivity contribution in [1.29, 1.82) is 0 Å². The maximum atomic E-state index is 13.3. The smallest absolute Gasteiger partial charge is 0.255 e. The number of hydrogen-bond donors (Lipinski definition) is 2. The fourth-order valence-electron chi connectivity index (χ4n) is 3.61. The zero-order chi connectivity index (χ0) is 22.8. The molecule has 3 aromatic rings. The van der Waals surface area contributed by atoms with Gasteiger partial charge in [-0.2, -0.15) is 0 Å². The summed E-state index contributed by atoms with van der Waals surface area (Å²) in [6, 6.07) is 13.5. The summed E-state index contributed by atoms with van der Waals surface area (Å²) in [6.45, 7) is 0.657. The van der Waals surface area contributed by atoms with Crippen LogP contribution in [0.25, 0.3) is 22.4 Å². The van der Waals surface area contributed by atoms with E-state index < -0.39 is 5.91 Å². The Morgan fingerprint density at radius 2 is 1.84 bits per heavy atom. The monoisotopic (exact) mass is 468 g/mol. The molecule has 3 N–H and O–H groups in total. The molecule has 0 aliphatic carbocycles. The van der Waals surface area contributed by atoms with Crippen LogP contribution in [0.2, 0.25) is 10.0 Å². The van der Waals surface area contributed by atoms with Gasteiger partial charge in [-0.05, 0) is 42.0 Å². The lowest BCUT2D eigenvalue weighted by Gasteiger charge is -2.28. The highest BCUT2D eigenvalue weighted by molar-refractivity contribution is 6.37. The quantitative estimate of drug-likeness (QED) is 0.611. The topological polar surface area (TPSA) is 105 Å². The number of amides is 3. The van der Waals surface area contributed by atoms with Gasteiger partial charge in [-0.25, -0.2) is 0 Å². The van der Waals surface area contributed by atoms with Crippen LogP contribution in [0.5, 0.6) is 0 Å². The molecule has 0 atom stereocenters. The average Bonchev–Trinajstić information content (AvgIpc) is 2.79. The predicted octanol–water partition coefficient (Wildman–Crippen LogP) is 3.39. The van der Waals surface area contributed by atoms with Crippen LogP contribution < -0.4 is 11.1 Å². The summed E-state index contributed by atoms with van der Waals surface area (Å²) in [5.74, 6) is -1.33. The van der Waals surface area contributed by atoms with Gasteiger partial charge >= 0.3 is 0 Å². The number of aromatic nitrogens is 1. The largest absolute Gasteiger partial charge is 0.366 e. The number of primary amides is 1. The highest BCUT2D eigenvalue weighted by atomic mass is 35.5. The molecule has 3 amide bonds. The van der Waals surface area contributed by atoms with Crippen molar-refractivity contribution in [2.75, 3.05) is 19.6 Å². The number of pyridine rings is 1. The third-order valence-corrected chi connectivity index (χ3v) is 5.88. The van der Waals surface area contributed by atoms with Gasteiger partial charge in [0, 0.05) is 41.0 Å². The van der Waals surface area contributed by atoms with Gasteiger partial charge in [-0.1, -0.05) is 35.3 Å². The first-order valence-corrected chi connectivity index (χ1v) is 10.5. The van der Waals surface area contributed by atoms with Crippen molar-refractivity contribution >= 4 is 40.9 Å². The fraction of sp³-hybridized carbons (Fsp3) is 0.130. The van der Waals surface area contributed by atoms with Gasteiger partial charge in [0.25, 0.3) is 5.91 Å². The highest BCUT2D eigenvalue weighted by Crippen LogP contribution is 2.38. The summed E-state index contributed by atoms with van der Waals surface area (Å²) in [7, 11) is 0. The summed E-state index contributed by atoms with van der Waals surface area (Å²) in [5.41, 5.74) is 8.02. The molecule has 2 aromatic carbocycles. The molecule has 32 heavy (non-hydrogen) atoms. The molecular formula is C23H18Cl2N4O3. The Kier molecular flexibility index (Phi) is 6.12. The zero-order valence-electron chi connectivity index (χ0n) is 16.8. The standard InChI is InChI=1S/C23H18Cl2N4O3/c24-17-7-4-13(11-16(17)18-3-1-2-8-27-18)20-14(5-6-15(21(20)25)22(26)31)23(32)29-10-9-28-19(30)12-29/h1-8,11H,9-10,12H2,(H2,26,31)(H,28,30). The van der Waals surface area contributed by atoms with Crippen LogP contribution in [0.4, 0.5) is 0 Å². The molecule has 0 radical (unpaired) electrons. The summed E-state index contributed by atoms with van der Waals surface area (Å²) in [6.07, 6.45) is 1.65. The number of rotatable bonds is 4. The Morgan fingerprint density at radius 1 is 1.06 bits per heavy atom. The van der Waals surface area contributed by atoms with Gasteiger partial charge in [0.05, 0.1) is 22.8 Å². The van der Waals surface area contributed by atoms with Crippen LogP contribution >= 0.6 is 23.2 Å². The molecular weight excluding hydrogens is 451 g/mol. The van der Waals surface area contributed by atoms with Crippen molar-refractivity contribution in [2.45, 2.75) is 0 Å². The number of benzene rings is 2. The number of carbonyl (C=O) groups is 3. The van der Waals surface area contributed by atoms with Crippen LogP contribution in [-0.2, 0) is 4.79 Å². The Labute approximate surface area is 194 Å². The van der Waals surface area contributed by atoms with E-state index in [2.05, 4.69) is 10.3 Å². The highest BCUT2D eigenvalue weighted by Gasteiger charge is 2.27. The minimum Gasteiger partial charge on any atom is -0.366 e. The van der Waals surface area contributed by atoms with E-state index in [0.717, 1.165) is 0 Å². The van der Waals surface area contributed by atoms with Gasteiger partial charge in [-0.15, -0.1) is 0 Å². The Balaban J connectivity index is 1.89. The molecule has 1 fully saturated rings. The van der Waals surface area contributed by atoms with Crippen molar-refractivity contribution in [1.82, 2.24) is 15.2 Å². The fourth-order valence-corrected chi connectivity index (χ4v) is 4.19. The Morgan fingerprint density at radius 3 is 2.53 bits per heavy atom. The first-order chi connectivity index (χ1) is 15.4. The Bertz CT molecular complexity index is 1230. The van der Waals surface area contributed by atoms with Crippen molar-refractivity contribution in [2.24, 2.45) is 5.73 Å². The number of carbonyl (C=O) groups excluding carboxylic acids is 3. The maximum absolute atomic E-state index is 13.3. The molecule has 0 bridgehead atoms. The van der Waals surface area contributed by atoms with Gasteiger partial charge in [0.15, 0.2) is 0 Å². The number of hydrogen-bond acceptors (Lipinski definition) is 4. The third-order valence-electron chi connectivity index (χ3n) is 5.16. The SMILES string of the molecule is NC(=O)c1ccc(C(=O)N2CCNC(=O)C2)c(-c2ccc(Cl)c(-c3ccccn3)c2)c1Cl. The average molecular weight is 469 g/mol. The van der Waals surface area contributed by atoms with E-state index in [0.29, 0.717) is 40.5 Å². The molecule has 162 valence electrons. The number of nitrogens with one attached hydrogen (secondary N) is 1. The van der Waals surface area contributed by atoms with Crippen molar-refractivity contribution in [3.8, 4) is 22.4 Å². The molecule has 0 saturated carbocycles. The summed E-state index contributed by atoms with van der Waals surface area (Å²) >= 11 is 13.0. The van der Waals surface area contributed by atoms with Gasteiger partial charge < -0.3 is 16.0 Å². The normalized spacial score (nSPS) is 13.6. The first kappa shape index (κ1) is 21.8. The molecule has 2 heterocycles. The van der Waals surface area contributed by atoms with E-state index in [1.807, 2.05) is 12.1 Å². The first-order valence-electron chi connectivity index (χ1n) is 9.76. The van der Waals surface area contributed by atoms with Crippen molar-refractivity contribution < 1.29 is 14.4 Å². The molecule has 0 spiro atoms. The van der Waals surface area contributed by atoms with Crippen LogP contribution in [0, 0.1) is 0 Å². The number of halogens is 2. The molecule has 4 rings (SSSR count). The molecule has 1 saturated heterocycles. The summed E-state index contributed by atoms with van der Waals surface area (Å²) in [5, 5.41) is 3.21. The molecule has 7 nitrogen and oxygen atoms in total. The van der Waals surface area contributed by atoms with Gasteiger partial charge in [0.2, 0.25) is 11.8 Å².